The predicted molar refractivity (Wildman–Crippen MR) is 243 cm³/mol. The molecule has 1 unspecified atom stereocenters. The van der Waals surface area contributed by atoms with Crippen LogP contribution in [0.2, 0.25) is 0 Å². The van der Waals surface area contributed by atoms with Crippen LogP contribution in [0, 0.1) is 0 Å². The van der Waals surface area contributed by atoms with Gasteiger partial charge in [0.05, 0.1) is 25.9 Å². The number of esters is 2. The van der Waals surface area contributed by atoms with Crippen molar-refractivity contribution in [2.75, 3.05) is 26.4 Å². The number of carbonyl (C=O) groups is 2. The zero-order valence-electron chi connectivity index (χ0n) is 36.2. The molecule has 0 spiro atoms. The van der Waals surface area contributed by atoms with Crippen LogP contribution in [0.3, 0.4) is 0 Å². The van der Waals surface area contributed by atoms with E-state index in [-0.39, 0.29) is 12.8 Å². The maximum atomic E-state index is 12.6. The van der Waals surface area contributed by atoms with Gasteiger partial charge in [-0.05, 0) is 83.5 Å². The van der Waals surface area contributed by atoms with Gasteiger partial charge < -0.3 is 29.7 Å². The van der Waals surface area contributed by atoms with E-state index in [9.17, 15) is 29.3 Å². The molecule has 0 aliphatic carbocycles. The van der Waals surface area contributed by atoms with Gasteiger partial charge >= 0.3 is 19.8 Å². The second kappa shape index (κ2) is 42.0. The Bertz CT molecular complexity index is 1420. The molecule has 0 bridgehead atoms. The van der Waals surface area contributed by atoms with E-state index in [2.05, 4.69) is 79.1 Å². The minimum absolute atomic E-state index is 0.0270. The predicted octanol–water partition coefficient (Wildman–Crippen LogP) is 10.5. The van der Waals surface area contributed by atoms with E-state index in [1.165, 1.54) is 19.3 Å². The van der Waals surface area contributed by atoms with E-state index < -0.39 is 64.5 Å². The Labute approximate surface area is 360 Å². The third-order valence-corrected chi connectivity index (χ3v) is 9.14. The highest BCUT2D eigenvalue weighted by molar-refractivity contribution is 7.47. The van der Waals surface area contributed by atoms with Crippen molar-refractivity contribution in [2.45, 2.75) is 141 Å². The minimum atomic E-state index is -4.67. The summed E-state index contributed by atoms with van der Waals surface area (Å²) in [6.07, 6.45) is 50.7. The van der Waals surface area contributed by atoms with Gasteiger partial charge in [-0.1, -0.05) is 148 Å². The van der Waals surface area contributed by atoms with Gasteiger partial charge in [-0.25, -0.2) is 4.57 Å². The average Bonchev–Trinajstić information content (AvgIpc) is 3.23. The number of aliphatic hydroxyl groups excluding tert-OH is 3. The number of aliphatic hydroxyl groups is 3. The molecule has 0 aromatic rings. The molecule has 11 nitrogen and oxygen atoms in total. The fourth-order valence-electron chi connectivity index (χ4n) is 4.86. The molecule has 0 saturated heterocycles. The van der Waals surface area contributed by atoms with Crippen molar-refractivity contribution in [1.29, 1.82) is 0 Å². The molecule has 0 saturated carbocycles. The van der Waals surface area contributed by atoms with Gasteiger partial charge in [-0.2, -0.15) is 0 Å². The van der Waals surface area contributed by atoms with Crippen LogP contribution >= 0.6 is 7.82 Å². The fourth-order valence-corrected chi connectivity index (χ4v) is 5.65. The molecule has 0 aromatic carbocycles. The number of rotatable bonds is 38. The van der Waals surface area contributed by atoms with E-state index in [4.69, 9.17) is 19.1 Å². The van der Waals surface area contributed by atoms with Gasteiger partial charge in [0, 0.05) is 12.8 Å². The topological polar surface area (TPSA) is 169 Å². The molecule has 0 radical (unpaired) electrons. The van der Waals surface area contributed by atoms with E-state index >= 15 is 0 Å². The monoisotopic (exact) mass is 859 g/mol. The molecule has 60 heavy (non-hydrogen) atoms. The van der Waals surface area contributed by atoms with Crippen LogP contribution in [-0.4, -0.2) is 76.9 Å². The SMILES string of the molecule is CC/C=C\C/C=C\C/C=C\C/C=C\C/C=C\C/C=C\CCC(=O)O[C@H](COC(=O)CCC/C=C\C/C=C\C=C\[C@H](O)C/C=C\CCCCC)COP(=O)(O)OC[C@@H](O)CO. The van der Waals surface area contributed by atoms with Crippen LogP contribution < -0.4 is 0 Å². The Morgan fingerprint density at radius 3 is 1.72 bits per heavy atom. The molecule has 0 aliphatic heterocycles. The van der Waals surface area contributed by atoms with Crippen LogP contribution in [0.4, 0.5) is 0 Å². The lowest BCUT2D eigenvalue weighted by Gasteiger charge is -2.20. The number of phosphoric acid groups is 1. The lowest BCUT2D eigenvalue weighted by atomic mass is 10.1. The molecule has 0 rings (SSSR count). The number of hydrogen-bond acceptors (Lipinski definition) is 10. The number of ether oxygens (including phenoxy) is 2. The molecule has 0 fully saturated rings. The molecule has 12 heteroatoms. The first kappa shape index (κ1) is 56.3. The summed E-state index contributed by atoms with van der Waals surface area (Å²) in [5.74, 6) is -1.14. The second-order valence-corrected chi connectivity index (χ2v) is 15.3. The molecule has 338 valence electrons. The normalized spacial score (nSPS) is 15.5. The van der Waals surface area contributed by atoms with E-state index in [0.717, 1.165) is 38.5 Å². The number of unbranched alkanes of at least 4 members (excludes halogenated alkanes) is 4. The van der Waals surface area contributed by atoms with Gasteiger partial charge in [-0.15, -0.1) is 0 Å². The Kier molecular flexibility index (Phi) is 39.5. The Balaban J connectivity index is 4.61. The fraction of sp³-hybridized carbons (Fsp3) is 0.542. The summed E-state index contributed by atoms with van der Waals surface area (Å²) < 4.78 is 32.5. The van der Waals surface area contributed by atoms with Crippen molar-refractivity contribution in [3.05, 3.63) is 122 Å². The molecule has 0 heterocycles. The van der Waals surface area contributed by atoms with Crippen molar-refractivity contribution in [3.8, 4) is 0 Å². The maximum Gasteiger partial charge on any atom is 0.472 e. The Morgan fingerprint density at radius 1 is 0.583 bits per heavy atom. The molecule has 0 aliphatic rings. The molecule has 4 N–H and O–H groups in total. The zero-order chi connectivity index (χ0) is 44.2. The third-order valence-electron chi connectivity index (χ3n) is 8.19. The van der Waals surface area contributed by atoms with Crippen molar-refractivity contribution in [2.24, 2.45) is 0 Å². The molecule has 0 amide bonds. The highest BCUT2D eigenvalue weighted by Gasteiger charge is 2.27. The summed E-state index contributed by atoms with van der Waals surface area (Å²) >= 11 is 0. The van der Waals surface area contributed by atoms with E-state index in [1.807, 2.05) is 54.7 Å². The van der Waals surface area contributed by atoms with E-state index in [0.29, 0.717) is 38.5 Å². The minimum Gasteiger partial charge on any atom is -0.462 e. The van der Waals surface area contributed by atoms with Crippen LogP contribution in [-0.2, 0) is 32.7 Å². The van der Waals surface area contributed by atoms with Gasteiger partial charge in [0.2, 0.25) is 0 Å². The Morgan fingerprint density at radius 2 is 1.12 bits per heavy atom. The van der Waals surface area contributed by atoms with E-state index in [1.54, 1.807) is 6.08 Å². The highest BCUT2D eigenvalue weighted by Crippen LogP contribution is 2.43. The van der Waals surface area contributed by atoms with Crippen molar-refractivity contribution in [3.63, 3.8) is 0 Å². The lowest BCUT2D eigenvalue weighted by molar-refractivity contribution is -0.161. The van der Waals surface area contributed by atoms with Gasteiger partial charge in [-0.3, -0.25) is 18.6 Å². The number of carbonyl (C=O) groups excluding carboxylic acids is 2. The van der Waals surface area contributed by atoms with Crippen LogP contribution in [0.25, 0.3) is 0 Å². The number of allylic oxidation sites excluding steroid dienone is 18. The molecular formula is C48H75O11P. The quantitative estimate of drug-likeness (QED) is 0.0153. The second-order valence-electron chi connectivity index (χ2n) is 13.8. The van der Waals surface area contributed by atoms with Crippen molar-refractivity contribution < 1.29 is 52.9 Å². The summed E-state index contributed by atoms with van der Waals surface area (Å²) in [4.78, 5) is 34.9. The molecule has 4 atom stereocenters. The third kappa shape index (κ3) is 41.1. The first-order valence-electron chi connectivity index (χ1n) is 21.6. The lowest BCUT2D eigenvalue weighted by Crippen LogP contribution is -2.29. The summed E-state index contributed by atoms with van der Waals surface area (Å²) in [7, 11) is -4.67. The van der Waals surface area contributed by atoms with Gasteiger partial charge in [0.15, 0.2) is 6.10 Å². The summed E-state index contributed by atoms with van der Waals surface area (Å²) in [6.45, 7) is 1.96. The molecule has 0 aromatic heterocycles. The summed E-state index contributed by atoms with van der Waals surface area (Å²) in [5, 5.41) is 28.4. The molecular weight excluding hydrogens is 783 g/mol. The highest BCUT2D eigenvalue weighted by atomic mass is 31.2. The number of phosphoric ester groups is 1. The van der Waals surface area contributed by atoms with Crippen molar-refractivity contribution >= 4 is 19.8 Å². The zero-order valence-corrected chi connectivity index (χ0v) is 37.1. The summed E-state index contributed by atoms with van der Waals surface area (Å²) in [5.41, 5.74) is 0. The van der Waals surface area contributed by atoms with Gasteiger partial charge in [0.25, 0.3) is 0 Å². The maximum absolute atomic E-state index is 12.6. The number of hydrogen-bond donors (Lipinski definition) is 4. The van der Waals surface area contributed by atoms with Crippen molar-refractivity contribution in [1.82, 2.24) is 0 Å². The first-order chi connectivity index (χ1) is 29.1. The summed E-state index contributed by atoms with van der Waals surface area (Å²) in [6, 6.07) is 0. The standard InChI is InChI=1S/C48H75O11P/c1-3-5-7-9-11-12-13-14-15-16-17-18-19-20-21-22-27-31-35-39-48(53)59-46(43-58-60(54,55)57-41-45(51)40-49)42-56-47(52)38-34-30-26-24-23-25-29-33-37-44(50)36-32-28-10-8-6-4-2/h5,7,11-12,14-15,17-18,20-21,24-29,31-33,37,44-46,49-51H,3-4,6,8-10,13,16,19,22-23,30,34-36,38-43H2,1-2H3,(H,54,55)/b7-5-,12-11-,15-14-,18-17-,21-20-,26-24-,29-25-,31-27-,32-28-,37-33+/t44-,45+,46-/m1/s1. The first-order valence-corrected chi connectivity index (χ1v) is 23.1. The smallest absolute Gasteiger partial charge is 0.462 e. The van der Waals surface area contributed by atoms with Gasteiger partial charge in [0.1, 0.15) is 12.7 Å². The van der Waals surface area contributed by atoms with Crippen LogP contribution in [0.15, 0.2) is 122 Å². The van der Waals surface area contributed by atoms with Crippen LogP contribution in [0.1, 0.15) is 123 Å². The average molecular weight is 859 g/mol. The Hall–Kier alpha value is -3.67. The van der Waals surface area contributed by atoms with Crippen LogP contribution in [0.5, 0.6) is 0 Å². The largest absolute Gasteiger partial charge is 0.472 e.